The molecule has 0 amide bonds. The lowest BCUT2D eigenvalue weighted by Gasteiger charge is -2.20. The molecule has 2 aromatic heterocycles. The van der Waals surface area contributed by atoms with Gasteiger partial charge in [-0.3, -0.25) is 4.57 Å². The highest BCUT2D eigenvalue weighted by Gasteiger charge is 2.26. The molecule has 3 aliphatic rings. The molecule has 0 radical (unpaired) electrons. The van der Waals surface area contributed by atoms with Gasteiger partial charge in [-0.25, -0.2) is 9.97 Å². The lowest BCUT2D eigenvalue weighted by Crippen LogP contribution is -2.39. The number of aromatic nitrogens is 3. The first kappa shape index (κ1) is 31.5. The van der Waals surface area contributed by atoms with Crippen molar-refractivity contribution in [1.29, 1.82) is 0 Å². The van der Waals surface area contributed by atoms with E-state index in [9.17, 15) is 0 Å². The van der Waals surface area contributed by atoms with E-state index in [0.29, 0.717) is 5.95 Å². The highest BCUT2D eigenvalue weighted by atomic mass is 32.2. The van der Waals surface area contributed by atoms with E-state index in [4.69, 9.17) is 16.5 Å². The molecule has 0 saturated carbocycles. The Bertz CT molecular complexity index is 2780. The number of fused-ring (bicyclic) bond motifs is 2. The fraction of sp³-hybridized carbons (Fsp3) is 0.149. The van der Waals surface area contributed by atoms with Crippen LogP contribution in [0.25, 0.3) is 74.1 Å². The first-order valence-corrected chi connectivity index (χ1v) is 19.0. The third kappa shape index (κ3) is 5.20. The van der Waals surface area contributed by atoms with Crippen molar-refractivity contribution in [1.82, 2.24) is 14.5 Å². The third-order valence-corrected chi connectivity index (χ3v) is 11.5. The summed E-state index contributed by atoms with van der Waals surface area (Å²) >= 11 is 1.81. The van der Waals surface area contributed by atoms with Crippen LogP contribution in [-0.4, -0.2) is 14.5 Å². The summed E-state index contributed by atoms with van der Waals surface area (Å²) in [7, 11) is 0. The fourth-order valence-corrected chi connectivity index (χ4v) is 9.14. The van der Waals surface area contributed by atoms with E-state index in [0.717, 1.165) is 53.0 Å². The smallest absolute Gasteiger partial charge is 0.235 e. The van der Waals surface area contributed by atoms with Crippen molar-refractivity contribution < 1.29 is 0 Å². The molecule has 7 aromatic rings. The van der Waals surface area contributed by atoms with Crippen LogP contribution in [0, 0.1) is 0 Å². The first-order valence-electron chi connectivity index (χ1n) is 18.2. The maximum atomic E-state index is 5.45. The average Bonchev–Trinajstić information content (AvgIpc) is 3.33. The van der Waals surface area contributed by atoms with E-state index < -0.39 is 0 Å². The van der Waals surface area contributed by atoms with Gasteiger partial charge in [0.05, 0.1) is 16.7 Å². The molecule has 248 valence electrons. The van der Waals surface area contributed by atoms with Crippen LogP contribution in [-0.2, 0) is 6.42 Å². The number of hydrogen-bond donors (Lipinski definition) is 0. The summed E-state index contributed by atoms with van der Waals surface area (Å²) in [5.74, 6) is 0.714. The summed E-state index contributed by atoms with van der Waals surface area (Å²) in [5, 5.41) is 8.30. The quantitative estimate of drug-likeness (QED) is 0.174. The van der Waals surface area contributed by atoms with E-state index >= 15 is 0 Å². The lowest BCUT2D eigenvalue weighted by molar-refractivity contribution is 0.839. The molecule has 0 bridgehead atoms. The fourth-order valence-electron chi connectivity index (χ4n) is 8.03. The molecule has 5 aromatic carbocycles. The highest BCUT2D eigenvalue weighted by Crippen LogP contribution is 2.47. The standard InChI is InChI=1S/C45H33N3S.C2H6/c1-28-32(25-23-29-13-5-2-3-6-14-29)35-27-31(30-15-7-4-8-16-30)24-26-38-42(35)41-33(28)18-11-20-37(41)48(38)45-46-36-19-12-22-40-43(36)44(47-45)34-17-9-10-21-39(34)49-40;1-2/h2,4-5,7-12,15-25,27H,1,3,6,13-14,26H2;1-2H3/b29-23+,32-25+;. The van der Waals surface area contributed by atoms with E-state index in [1.165, 1.54) is 70.8 Å². The molecule has 0 unspecified atom stereocenters. The van der Waals surface area contributed by atoms with Crippen LogP contribution in [0.5, 0.6) is 0 Å². The molecule has 0 saturated heterocycles. The summed E-state index contributed by atoms with van der Waals surface area (Å²) in [6, 6.07) is 32.4. The molecule has 0 N–H and O–H groups in total. The van der Waals surface area contributed by atoms with E-state index in [1.54, 1.807) is 11.8 Å². The zero-order valence-electron chi connectivity index (χ0n) is 29.1. The molecule has 3 nitrogen and oxygen atoms in total. The first-order chi connectivity index (χ1) is 25.2. The van der Waals surface area contributed by atoms with Gasteiger partial charge in [-0.15, -0.1) is 0 Å². The van der Waals surface area contributed by atoms with Crippen molar-refractivity contribution in [3.8, 4) is 17.2 Å². The molecule has 0 fully saturated rings. The highest BCUT2D eigenvalue weighted by molar-refractivity contribution is 7.99. The number of benzene rings is 5. The Hall–Kier alpha value is -5.45. The number of allylic oxidation sites excluding steroid dienone is 6. The van der Waals surface area contributed by atoms with Crippen LogP contribution in [0.3, 0.4) is 0 Å². The zero-order chi connectivity index (χ0) is 34.5. The second-order valence-electron chi connectivity index (χ2n) is 13.2. The van der Waals surface area contributed by atoms with Gasteiger partial charge in [0, 0.05) is 43.6 Å². The number of nitrogens with zero attached hydrogens (tertiary/aromatic N) is 3. The van der Waals surface area contributed by atoms with E-state index in [1.807, 2.05) is 13.8 Å². The normalized spacial score (nSPS) is 16.0. The molecule has 0 spiro atoms. The Morgan fingerprint density at radius 3 is 2.49 bits per heavy atom. The van der Waals surface area contributed by atoms with Crippen LogP contribution in [0.1, 0.15) is 50.8 Å². The predicted octanol–water partition coefficient (Wildman–Crippen LogP) is 10.3. The SMILES string of the molecule is C=c1/c(=C\C=C2/CC=CCCC2)c2c3c(n(-c4nc5c6c(cccc6n4)Sc4ccccc4-5)c4cccc1c34)CC=C(c1ccccc1)C=2.CC. The second-order valence-corrected chi connectivity index (χ2v) is 14.3. The van der Waals surface area contributed by atoms with Gasteiger partial charge in [0.1, 0.15) is 0 Å². The monoisotopic (exact) mass is 677 g/mol. The molecule has 4 heteroatoms. The molecule has 51 heavy (non-hydrogen) atoms. The minimum absolute atomic E-state index is 0.714. The number of hydrogen-bond acceptors (Lipinski definition) is 3. The average molecular weight is 678 g/mol. The Morgan fingerprint density at radius 2 is 1.59 bits per heavy atom. The van der Waals surface area contributed by atoms with Crippen molar-refractivity contribution in [2.45, 2.75) is 55.7 Å². The largest absolute Gasteiger partial charge is 0.281 e. The van der Waals surface area contributed by atoms with Crippen LogP contribution < -0.4 is 15.7 Å². The summed E-state index contributed by atoms with van der Waals surface area (Å²) in [4.78, 5) is 13.2. The van der Waals surface area contributed by atoms with Gasteiger partial charge >= 0.3 is 0 Å². The molecular formula is C47H39N3S. The summed E-state index contributed by atoms with van der Waals surface area (Å²) in [5.41, 5.74) is 9.39. The van der Waals surface area contributed by atoms with E-state index in [2.05, 4.69) is 132 Å². The van der Waals surface area contributed by atoms with Crippen molar-refractivity contribution >= 4 is 68.6 Å². The van der Waals surface area contributed by atoms with Gasteiger partial charge in [0.25, 0.3) is 0 Å². The second kappa shape index (κ2) is 13.0. The minimum atomic E-state index is 0.714. The number of rotatable bonds is 3. The van der Waals surface area contributed by atoms with Crippen LogP contribution in [0.15, 0.2) is 131 Å². The Kier molecular flexibility index (Phi) is 8.05. The Labute approximate surface area is 302 Å². The zero-order valence-corrected chi connectivity index (χ0v) is 29.9. The third-order valence-electron chi connectivity index (χ3n) is 10.4. The van der Waals surface area contributed by atoms with Crippen LogP contribution >= 0.6 is 11.8 Å². The lowest BCUT2D eigenvalue weighted by atomic mass is 9.98. The van der Waals surface area contributed by atoms with Gasteiger partial charge in [-0.2, -0.15) is 0 Å². The molecule has 0 atom stereocenters. The Morgan fingerprint density at radius 1 is 0.765 bits per heavy atom. The maximum Gasteiger partial charge on any atom is 0.235 e. The summed E-state index contributed by atoms with van der Waals surface area (Å²) < 4.78 is 2.34. The van der Waals surface area contributed by atoms with Crippen LogP contribution in [0.4, 0.5) is 0 Å². The van der Waals surface area contributed by atoms with Gasteiger partial charge in [0.15, 0.2) is 0 Å². The van der Waals surface area contributed by atoms with Crippen molar-refractivity contribution in [3.63, 3.8) is 0 Å². The molecular weight excluding hydrogens is 639 g/mol. The van der Waals surface area contributed by atoms with Crippen LogP contribution in [0.2, 0.25) is 0 Å². The minimum Gasteiger partial charge on any atom is -0.281 e. The molecule has 2 aliphatic carbocycles. The van der Waals surface area contributed by atoms with Gasteiger partial charge in [0.2, 0.25) is 5.95 Å². The topological polar surface area (TPSA) is 30.7 Å². The van der Waals surface area contributed by atoms with Gasteiger partial charge in [-0.05, 0) is 88.2 Å². The summed E-state index contributed by atoms with van der Waals surface area (Å²) in [6.45, 7) is 8.76. The molecule has 1 aliphatic heterocycles. The van der Waals surface area contributed by atoms with E-state index in [-0.39, 0.29) is 0 Å². The predicted molar refractivity (Wildman–Crippen MR) is 218 cm³/mol. The maximum absolute atomic E-state index is 5.45. The van der Waals surface area contributed by atoms with Gasteiger partial charge < -0.3 is 0 Å². The van der Waals surface area contributed by atoms with Gasteiger partial charge in [-0.1, -0.05) is 135 Å². The van der Waals surface area contributed by atoms with Crippen molar-refractivity contribution in [2.75, 3.05) is 0 Å². The van der Waals surface area contributed by atoms with Crippen molar-refractivity contribution in [2.24, 2.45) is 0 Å². The summed E-state index contributed by atoms with van der Waals surface area (Å²) in [6.07, 6.45) is 19.4. The van der Waals surface area contributed by atoms with Crippen molar-refractivity contribution in [3.05, 3.63) is 148 Å². The molecule has 3 heterocycles. The molecule has 10 rings (SSSR count). The Balaban J connectivity index is 0.00000171.